The van der Waals surface area contributed by atoms with Gasteiger partial charge in [-0.25, -0.2) is 0 Å². The topological polar surface area (TPSA) is 63.4 Å². The molecule has 0 unspecified atom stereocenters. The summed E-state index contributed by atoms with van der Waals surface area (Å²) in [6.45, 7) is 0.557. The number of amides is 2. The summed E-state index contributed by atoms with van der Waals surface area (Å²) in [5, 5.41) is 0.721. The van der Waals surface area contributed by atoms with Crippen molar-refractivity contribution in [3.8, 4) is 0 Å². The zero-order chi connectivity index (χ0) is 16.4. The molecule has 23 heavy (non-hydrogen) atoms. The minimum Gasteiger partial charge on any atom is -0.330 e. The molecule has 2 amide bonds. The van der Waals surface area contributed by atoms with Crippen LogP contribution in [0.3, 0.4) is 0 Å². The molecule has 1 aliphatic carbocycles. The molecule has 0 bridgehead atoms. The number of piperidine rings is 1. The molecule has 1 aliphatic heterocycles. The molecule has 2 N–H and O–H groups in total. The maximum absolute atomic E-state index is 12.1. The second-order valence-corrected chi connectivity index (χ2v) is 7.17. The zero-order valence-electron chi connectivity index (χ0n) is 13.3. The SMILES string of the molecule is NC[C@]1(c2cccc(Cl)c2)CC[C@H](N2C(=O)CCCC2=O)CC1. The molecule has 2 aliphatic rings. The molecule has 1 heterocycles. The van der Waals surface area contributed by atoms with Gasteiger partial charge in [-0.2, -0.15) is 0 Å². The van der Waals surface area contributed by atoms with Crippen molar-refractivity contribution in [1.82, 2.24) is 4.90 Å². The Balaban J connectivity index is 1.76. The number of hydrogen-bond donors (Lipinski definition) is 1. The summed E-state index contributed by atoms with van der Waals surface area (Å²) in [6.07, 6.45) is 5.09. The number of benzene rings is 1. The summed E-state index contributed by atoms with van der Waals surface area (Å²) in [7, 11) is 0. The molecule has 5 heteroatoms. The molecule has 4 nitrogen and oxygen atoms in total. The van der Waals surface area contributed by atoms with Gasteiger partial charge in [0.25, 0.3) is 0 Å². The summed E-state index contributed by atoms with van der Waals surface area (Å²) in [5.74, 6) is -0.0106. The number of hydrogen-bond acceptors (Lipinski definition) is 3. The van der Waals surface area contributed by atoms with Crippen molar-refractivity contribution >= 4 is 23.4 Å². The van der Waals surface area contributed by atoms with E-state index in [4.69, 9.17) is 17.3 Å². The number of likely N-dealkylation sites (tertiary alicyclic amines) is 1. The van der Waals surface area contributed by atoms with Gasteiger partial charge in [0.05, 0.1) is 0 Å². The maximum Gasteiger partial charge on any atom is 0.229 e. The minimum atomic E-state index is -0.0940. The number of carbonyl (C=O) groups excluding carboxylic acids is 2. The number of imide groups is 1. The van der Waals surface area contributed by atoms with Gasteiger partial charge in [0.2, 0.25) is 11.8 Å². The van der Waals surface area contributed by atoms with Gasteiger partial charge >= 0.3 is 0 Å². The van der Waals surface area contributed by atoms with Crippen LogP contribution in [-0.2, 0) is 15.0 Å². The van der Waals surface area contributed by atoms with Gasteiger partial charge in [0.1, 0.15) is 0 Å². The fourth-order valence-corrected chi connectivity index (χ4v) is 4.21. The van der Waals surface area contributed by atoms with Crippen molar-refractivity contribution < 1.29 is 9.59 Å². The van der Waals surface area contributed by atoms with Gasteiger partial charge < -0.3 is 5.73 Å². The molecule has 124 valence electrons. The van der Waals surface area contributed by atoms with Gasteiger partial charge in [0, 0.05) is 35.9 Å². The molecule has 1 aromatic carbocycles. The normalized spacial score (nSPS) is 29.0. The predicted octanol–water partition coefficient (Wildman–Crippen LogP) is 3.02. The molecule has 1 saturated heterocycles. The Kier molecular flexibility index (Phi) is 4.74. The Morgan fingerprint density at radius 2 is 1.83 bits per heavy atom. The van der Waals surface area contributed by atoms with E-state index in [1.165, 1.54) is 10.5 Å². The van der Waals surface area contributed by atoms with Crippen LogP contribution in [0.1, 0.15) is 50.5 Å². The first kappa shape index (κ1) is 16.5. The quantitative estimate of drug-likeness (QED) is 0.864. The van der Waals surface area contributed by atoms with Crippen molar-refractivity contribution in [2.24, 2.45) is 5.73 Å². The summed E-state index contributed by atoms with van der Waals surface area (Å²) in [5.41, 5.74) is 7.18. The Morgan fingerprint density at radius 3 is 2.39 bits per heavy atom. The second kappa shape index (κ2) is 6.62. The van der Waals surface area contributed by atoms with E-state index in [2.05, 4.69) is 6.07 Å². The molecule has 1 saturated carbocycles. The molecule has 0 spiro atoms. The lowest BCUT2D eigenvalue weighted by molar-refractivity contribution is -0.152. The molecular formula is C18H23ClN2O2. The Hall–Kier alpha value is -1.39. The summed E-state index contributed by atoms with van der Waals surface area (Å²) in [6, 6.07) is 7.93. The fourth-order valence-electron chi connectivity index (χ4n) is 4.02. The third kappa shape index (κ3) is 3.15. The molecular weight excluding hydrogens is 312 g/mol. The van der Waals surface area contributed by atoms with Crippen LogP contribution >= 0.6 is 11.6 Å². The number of carbonyl (C=O) groups is 2. The second-order valence-electron chi connectivity index (χ2n) is 6.74. The highest BCUT2D eigenvalue weighted by molar-refractivity contribution is 6.30. The Morgan fingerprint density at radius 1 is 1.17 bits per heavy atom. The van der Waals surface area contributed by atoms with E-state index in [0.717, 1.165) is 30.7 Å². The molecule has 3 rings (SSSR count). The van der Waals surface area contributed by atoms with E-state index in [0.29, 0.717) is 25.8 Å². The lowest BCUT2D eigenvalue weighted by Gasteiger charge is -2.43. The Labute approximate surface area is 142 Å². The molecule has 2 fully saturated rings. The molecule has 1 aromatic rings. The van der Waals surface area contributed by atoms with Crippen LogP contribution in [0.25, 0.3) is 0 Å². The maximum atomic E-state index is 12.1. The third-order valence-electron chi connectivity index (χ3n) is 5.42. The van der Waals surface area contributed by atoms with Crippen LogP contribution in [0, 0.1) is 0 Å². The van der Waals surface area contributed by atoms with Crippen molar-refractivity contribution in [2.45, 2.75) is 56.4 Å². The minimum absolute atomic E-state index is 0.00532. The van der Waals surface area contributed by atoms with Crippen molar-refractivity contribution in [3.63, 3.8) is 0 Å². The van der Waals surface area contributed by atoms with E-state index in [-0.39, 0.29) is 23.3 Å². The van der Waals surface area contributed by atoms with E-state index in [1.807, 2.05) is 18.2 Å². The predicted molar refractivity (Wildman–Crippen MR) is 90.1 cm³/mol. The molecule has 0 radical (unpaired) electrons. The van der Waals surface area contributed by atoms with Crippen LogP contribution in [0.5, 0.6) is 0 Å². The first-order valence-corrected chi connectivity index (χ1v) is 8.74. The average molecular weight is 335 g/mol. The lowest BCUT2D eigenvalue weighted by Crippen LogP contribution is -2.51. The van der Waals surface area contributed by atoms with Crippen LogP contribution in [0.15, 0.2) is 24.3 Å². The highest BCUT2D eigenvalue weighted by Gasteiger charge is 2.40. The van der Waals surface area contributed by atoms with Crippen LogP contribution in [0.4, 0.5) is 0 Å². The standard InChI is InChI=1S/C18H23ClN2O2/c19-14-4-1-3-13(11-14)18(12-20)9-7-15(8-10-18)21-16(22)5-2-6-17(21)23/h1,3-4,11,15H,2,5-10,12,20H2/t15-,18-. The van der Waals surface area contributed by atoms with E-state index >= 15 is 0 Å². The van der Waals surface area contributed by atoms with Crippen LogP contribution in [0.2, 0.25) is 5.02 Å². The van der Waals surface area contributed by atoms with E-state index < -0.39 is 0 Å². The largest absolute Gasteiger partial charge is 0.330 e. The smallest absolute Gasteiger partial charge is 0.229 e. The molecule has 0 atom stereocenters. The Bertz CT molecular complexity index is 593. The van der Waals surface area contributed by atoms with Gasteiger partial charge in [-0.15, -0.1) is 0 Å². The van der Waals surface area contributed by atoms with Gasteiger partial charge in [-0.05, 0) is 49.8 Å². The van der Waals surface area contributed by atoms with Gasteiger partial charge in [-0.1, -0.05) is 23.7 Å². The number of rotatable bonds is 3. The van der Waals surface area contributed by atoms with Crippen molar-refractivity contribution in [2.75, 3.05) is 6.54 Å². The highest BCUT2D eigenvalue weighted by atomic mass is 35.5. The van der Waals surface area contributed by atoms with Gasteiger partial charge in [0.15, 0.2) is 0 Å². The molecule has 0 aromatic heterocycles. The van der Waals surface area contributed by atoms with Crippen molar-refractivity contribution in [3.05, 3.63) is 34.9 Å². The lowest BCUT2D eigenvalue weighted by atomic mass is 9.68. The van der Waals surface area contributed by atoms with E-state index in [1.54, 1.807) is 0 Å². The van der Waals surface area contributed by atoms with E-state index in [9.17, 15) is 9.59 Å². The zero-order valence-corrected chi connectivity index (χ0v) is 14.0. The van der Waals surface area contributed by atoms with Crippen LogP contribution < -0.4 is 5.73 Å². The summed E-state index contributed by atoms with van der Waals surface area (Å²) < 4.78 is 0. The average Bonchev–Trinajstić information content (AvgIpc) is 2.55. The van der Waals surface area contributed by atoms with Crippen LogP contribution in [-0.4, -0.2) is 29.3 Å². The monoisotopic (exact) mass is 334 g/mol. The van der Waals surface area contributed by atoms with Crippen molar-refractivity contribution in [1.29, 1.82) is 0 Å². The van der Waals surface area contributed by atoms with Gasteiger partial charge in [-0.3, -0.25) is 14.5 Å². The first-order valence-electron chi connectivity index (χ1n) is 8.37. The number of halogens is 1. The number of nitrogens with zero attached hydrogens (tertiary/aromatic N) is 1. The third-order valence-corrected chi connectivity index (χ3v) is 5.66. The number of nitrogens with two attached hydrogens (primary N) is 1. The highest BCUT2D eigenvalue weighted by Crippen LogP contribution is 2.41. The summed E-state index contributed by atoms with van der Waals surface area (Å²) in [4.78, 5) is 25.8. The summed E-state index contributed by atoms with van der Waals surface area (Å²) >= 11 is 6.13. The first-order chi connectivity index (χ1) is 11.1. The fraction of sp³-hybridized carbons (Fsp3) is 0.556.